The molecule has 0 aliphatic carbocycles. The second-order valence-corrected chi connectivity index (χ2v) is 10.9. The van der Waals surface area contributed by atoms with Crippen molar-refractivity contribution in [2.75, 3.05) is 13.2 Å². The minimum absolute atomic E-state index is 0.0854. The van der Waals surface area contributed by atoms with Crippen LogP contribution in [-0.2, 0) is 17.4 Å². The Morgan fingerprint density at radius 3 is 2.08 bits per heavy atom. The highest BCUT2D eigenvalue weighted by molar-refractivity contribution is 5.94. The Bertz CT molecular complexity index is 1290. The fourth-order valence-corrected chi connectivity index (χ4v) is 4.62. The van der Waals surface area contributed by atoms with E-state index < -0.39 is 17.7 Å². The van der Waals surface area contributed by atoms with Crippen LogP contribution in [0.2, 0.25) is 0 Å². The van der Waals surface area contributed by atoms with E-state index in [2.05, 4.69) is 19.2 Å². The van der Waals surface area contributed by atoms with Crippen molar-refractivity contribution in [2.24, 2.45) is 5.41 Å². The quantitative estimate of drug-likeness (QED) is 0.241. The lowest BCUT2D eigenvalue weighted by atomic mass is 9.87. The van der Waals surface area contributed by atoms with E-state index in [0.717, 1.165) is 65.0 Å². The molecule has 0 heterocycles. The molecule has 5 nitrogen and oxygen atoms in total. The molecule has 3 aromatic rings. The molecule has 0 saturated carbocycles. The molecule has 0 saturated heterocycles. The van der Waals surface area contributed by atoms with E-state index in [4.69, 9.17) is 9.84 Å². The topological polar surface area (TPSA) is 75.6 Å². The Morgan fingerprint density at radius 1 is 0.925 bits per heavy atom. The van der Waals surface area contributed by atoms with Gasteiger partial charge in [0.1, 0.15) is 5.75 Å². The molecular weight excluding hydrogens is 519 g/mol. The molecule has 2 N–H and O–H groups in total. The lowest BCUT2D eigenvalue weighted by molar-refractivity contribution is -0.138. The van der Waals surface area contributed by atoms with Crippen LogP contribution < -0.4 is 10.1 Å². The van der Waals surface area contributed by atoms with Crippen LogP contribution in [-0.4, -0.2) is 30.1 Å². The minimum Gasteiger partial charge on any atom is -0.493 e. The number of carbonyl (C=O) groups excluding carboxylic acids is 1. The van der Waals surface area contributed by atoms with E-state index in [-0.39, 0.29) is 24.3 Å². The van der Waals surface area contributed by atoms with Gasteiger partial charge < -0.3 is 15.2 Å². The third kappa shape index (κ3) is 8.86. The highest BCUT2D eigenvalue weighted by Gasteiger charge is 2.30. The zero-order chi connectivity index (χ0) is 29.5. The Balaban J connectivity index is 1.51. The van der Waals surface area contributed by atoms with Gasteiger partial charge in [0.05, 0.1) is 18.6 Å². The molecular formula is C32H36F3NO4. The van der Waals surface area contributed by atoms with Gasteiger partial charge in [-0.15, -0.1) is 0 Å². The van der Waals surface area contributed by atoms with E-state index in [1.165, 1.54) is 12.1 Å². The summed E-state index contributed by atoms with van der Waals surface area (Å²) in [4.78, 5) is 22.7. The van der Waals surface area contributed by atoms with Crippen LogP contribution in [0.1, 0.15) is 65.7 Å². The minimum atomic E-state index is -4.36. The largest absolute Gasteiger partial charge is 0.493 e. The fourth-order valence-electron chi connectivity index (χ4n) is 4.62. The number of nitrogens with one attached hydrogen (secondary N) is 1. The maximum absolute atomic E-state index is 12.9. The SMILES string of the molecule is Cc1cc(OCC(C)(C)CCCc2ccc(C(=O)NCCC(=O)O)cc2)cc(C)c1-c1ccc(C(F)(F)F)cc1. The van der Waals surface area contributed by atoms with Gasteiger partial charge in [-0.05, 0) is 103 Å². The molecule has 3 rings (SSSR count). The molecule has 3 aromatic carbocycles. The average molecular weight is 556 g/mol. The van der Waals surface area contributed by atoms with Crippen molar-refractivity contribution < 1.29 is 32.6 Å². The van der Waals surface area contributed by atoms with Gasteiger partial charge in [-0.25, -0.2) is 0 Å². The summed E-state index contributed by atoms with van der Waals surface area (Å²) >= 11 is 0. The first-order chi connectivity index (χ1) is 18.7. The standard InChI is InChI=1S/C32H36F3NO4/c1-21-18-27(19-22(2)29(21)24-11-13-26(14-12-24)32(33,34)35)40-20-31(3,4)16-5-6-23-7-9-25(10-8-23)30(39)36-17-15-28(37)38/h7-14,18-19H,5-6,15-17,20H2,1-4H3,(H,36,39)(H,37,38). The number of benzene rings is 3. The number of carbonyl (C=O) groups is 2. The monoisotopic (exact) mass is 555 g/mol. The Kier molecular flexibility index (Phi) is 10.0. The molecule has 0 radical (unpaired) electrons. The zero-order valence-corrected chi connectivity index (χ0v) is 23.3. The summed E-state index contributed by atoms with van der Waals surface area (Å²) in [6, 6.07) is 16.4. The summed E-state index contributed by atoms with van der Waals surface area (Å²) in [6.45, 7) is 8.77. The maximum Gasteiger partial charge on any atom is 0.416 e. The van der Waals surface area contributed by atoms with E-state index in [1.807, 2.05) is 38.1 Å². The number of amides is 1. The lowest BCUT2D eigenvalue weighted by Gasteiger charge is -2.25. The van der Waals surface area contributed by atoms with Gasteiger partial charge in [0, 0.05) is 12.1 Å². The number of hydrogen-bond donors (Lipinski definition) is 2. The molecule has 40 heavy (non-hydrogen) atoms. The molecule has 0 bridgehead atoms. The van der Waals surface area contributed by atoms with Gasteiger partial charge in [-0.3, -0.25) is 9.59 Å². The number of halogens is 3. The van der Waals surface area contributed by atoms with Gasteiger partial charge >= 0.3 is 12.1 Å². The summed E-state index contributed by atoms with van der Waals surface area (Å²) < 4.78 is 44.9. The van der Waals surface area contributed by atoms with Crippen LogP contribution in [0, 0.1) is 19.3 Å². The number of hydrogen-bond acceptors (Lipinski definition) is 3. The summed E-state index contributed by atoms with van der Waals surface area (Å²) in [5.41, 5.74) is 4.38. The van der Waals surface area contributed by atoms with E-state index in [9.17, 15) is 22.8 Å². The van der Waals surface area contributed by atoms with Crippen LogP contribution in [0.15, 0.2) is 60.7 Å². The van der Waals surface area contributed by atoms with Gasteiger partial charge in [0.15, 0.2) is 0 Å². The van der Waals surface area contributed by atoms with E-state index in [1.54, 1.807) is 12.1 Å². The Morgan fingerprint density at radius 2 is 1.52 bits per heavy atom. The van der Waals surface area contributed by atoms with Crippen molar-refractivity contribution in [2.45, 2.75) is 59.6 Å². The van der Waals surface area contributed by atoms with Gasteiger partial charge in [0.25, 0.3) is 5.91 Å². The van der Waals surface area contributed by atoms with Crippen molar-refractivity contribution in [3.05, 3.63) is 88.5 Å². The second-order valence-electron chi connectivity index (χ2n) is 10.9. The van der Waals surface area contributed by atoms with Crippen LogP contribution >= 0.6 is 0 Å². The molecule has 0 unspecified atom stereocenters. The number of alkyl halides is 3. The number of ether oxygens (including phenoxy) is 1. The van der Waals surface area contributed by atoms with E-state index in [0.29, 0.717) is 12.2 Å². The van der Waals surface area contributed by atoms with Gasteiger partial charge in [-0.2, -0.15) is 13.2 Å². The van der Waals surface area contributed by atoms with Crippen molar-refractivity contribution in [1.82, 2.24) is 5.32 Å². The predicted octanol–water partition coefficient (Wildman–Crippen LogP) is 7.62. The first-order valence-corrected chi connectivity index (χ1v) is 13.3. The summed E-state index contributed by atoms with van der Waals surface area (Å²) in [5, 5.41) is 11.3. The lowest BCUT2D eigenvalue weighted by Crippen LogP contribution is -2.25. The number of aryl methyl sites for hydroxylation is 3. The molecule has 0 aromatic heterocycles. The van der Waals surface area contributed by atoms with Crippen molar-refractivity contribution in [3.8, 4) is 16.9 Å². The first-order valence-electron chi connectivity index (χ1n) is 13.3. The number of carboxylic acid groups (broad SMARTS) is 1. The molecule has 1 amide bonds. The van der Waals surface area contributed by atoms with Crippen LogP contribution in [0.25, 0.3) is 11.1 Å². The Hall–Kier alpha value is -3.81. The molecule has 0 aliphatic rings. The highest BCUT2D eigenvalue weighted by Crippen LogP contribution is 2.35. The molecule has 0 spiro atoms. The first kappa shape index (κ1) is 30.7. The number of rotatable bonds is 12. The number of carboxylic acids is 1. The summed E-state index contributed by atoms with van der Waals surface area (Å²) in [5.74, 6) is -0.510. The van der Waals surface area contributed by atoms with Gasteiger partial charge in [0.2, 0.25) is 0 Å². The summed E-state index contributed by atoms with van der Waals surface area (Å²) in [7, 11) is 0. The second kappa shape index (κ2) is 13.0. The maximum atomic E-state index is 12.9. The van der Waals surface area contributed by atoms with Crippen LogP contribution in [0.3, 0.4) is 0 Å². The van der Waals surface area contributed by atoms with Crippen molar-refractivity contribution in [3.63, 3.8) is 0 Å². The third-order valence-electron chi connectivity index (χ3n) is 6.80. The zero-order valence-electron chi connectivity index (χ0n) is 23.3. The van der Waals surface area contributed by atoms with Crippen LogP contribution in [0.5, 0.6) is 5.75 Å². The number of aliphatic carboxylic acids is 1. The predicted molar refractivity (Wildman–Crippen MR) is 150 cm³/mol. The van der Waals surface area contributed by atoms with Crippen molar-refractivity contribution in [1.29, 1.82) is 0 Å². The van der Waals surface area contributed by atoms with Crippen LogP contribution in [0.4, 0.5) is 13.2 Å². The normalized spacial score (nSPS) is 11.8. The third-order valence-corrected chi connectivity index (χ3v) is 6.80. The average Bonchev–Trinajstić information content (AvgIpc) is 2.87. The summed E-state index contributed by atoms with van der Waals surface area (Å²) in [6.07, 6.45) is -1.76. The molecule has 8 heteroatoms. The van der Waals surface area contributed by atoms with Gasteiger partial charge in [-0.1, -0.05) is 38.1 Å². The molecule has 0 fully saturated rings. The molecule has 214 valence electrons. The molecule has 0 atom stereocenters. The Labute approximate surface area is 233 Å². The van der Waals surface area contributed by atoms with E-state index >= 15 is 0 Å². The highest BCUT2D eigenvalue weighted by atomic mass is 19.4. The fraction of sp³-hybridized carbons (Fsp3) is 0.375. The smallest absolute Gasteiger partial charge is 0.416 e. The molecule has 0 aliphatic heterocycles. The van der Waals surface area contributed by atoms with Crippen molar-refractivity contribution >= 4 is 11.9 Å².